The van der Waals surface area contributed by atoms with Gasteiger partial charge in [0.15, 0.2) is 5.82 Å². The number of carbonyl (C=O) groups excluding carboxylic acids is 1. The van der Waals surface area contributed by atoms with Crippen molar-refractivity contribution in [1.29, 1.82) is 0 Å². The summed E-state index contributed by atoms with van der Waals surface area (Å²) in [5, 5.41) is 12.3. The molecule has 0 saturated heterocycles. The summed E-state index contributed by atoms with van der Waals surface area (Å²) in [5.74, 6) is 1.81. The highest BCUT2D eigenvalue weighted by molar-refractivity contribution is 6.33. The van der Waals surface area contributed by atoms with Crippen LogP contribution >= 0.6 is 11.6 Å². The molecule has 1 aliphatic heterocycles. The van der Waals surface area contributed by atoms with Gasteiger partial charge in [0.1, 0.15) is 5.82 Å². The minimum Gasteiger partial charge on any atom is -0.326 e. The first-order chi connectivity index (χ1) is 11.8. The van der Waals surface area contributed by atoms with Crippen molar-refractivity contribution in [1.82, 2.24) is 14.8 Å². The number of benzene rings is 1. The molecule has 1 amide bonds. The lowest BCUT2D eigenvalue weighted by Gasteiger charge is -2.17. The molecule has 6 heteroatoms. The third-order valence-electron chi connectivity index (χ3n) is 4.29. The van der Waals surface area contributed by atoms with E-state index in [1.54, 1.807) is 0 Å². The molecule has 0 unspecified atom stereocenters. The summed E-state index contributed by atoms with van der Waals surface area (Å²) < 4.78 is 2.16. The number of aryl methyl sites for hydroxylation is 1. The van der Waals surface area contributed by atoms with Crippen LogP contribution in [0.15, 0.2) is 18.2 Å². The number of anilines is 1. The highest BCUT2D eigenvalue weighted by Gasteiger charge is 2.20. The Kier molecular flexibility index (Phi) is 5.13. The first-order valence-corrected chi connectivity index (χ1v) is 9.23. The first kappa shape index (κ1) is 17.9. The maximum Gasteiger partial charge on any atom is 0.224 e. The molecule has 5 nitrogen and oxygen atoms in total. The van der Waals surface area contributed by atoms with E-state index in [2.05, 4.69) is 20.1 Å². The van der Waals surface area contributed by atoms with Gasteiger partial charge in [0.2, 0.25) is 5.91 Å². The van der Waals surface area contributed by atoms with Gasteiger partial charge in [-0.1, -0.05) is 38.8 Å². The smallest absolute Gasteiger partial charge is 0.224 e. The molecule has 0 saturated carbocycles. The van der Waals surface area contributed by atoms with Gasteiger partial charge < -0.3 is 9.88 Å². The number of nitrogens with zero attached hydrogens (tertiary/aromatic N) is 3. The van der Waals surface area contributed by atoms with Crippen LogP contribution in [0.4, 0.5) is 5.69 Å². The van der Waals surface area contributed by atoms with E-state index in [1.165, 1.54) is 6.42 Å². The number of halogens is 1. The van der Waals surface area contributed by atoms with Gasteiger partial charge in [-0.3, -0.25) is 4.79 Å². The molecule has 0 radical (unpaired) electrons. The Morgan fingerprint density at radius 3 is 2.80 bits per heavy atom. The Hall–Kier alpha value is -1.88. The van der Waals surface area contributed by atoms with Crippen molar-refractivity contribution < 1.29 is 4.79 Å². The first-order valence-electron chi connectivity index (χ1n) is 8.85. The molecule has 1 N–H and O–H groups in total. The Morgan fingerprint density at radius 2 is 2.04 bits per heavy atom. The van der Waals surface area contributed by atoms with E-state index in [9.17, 15) is 4.79 Å². The highest BCUT2D eigenvalue weighted by atomic mass is 35.5. The normalized spacial score (nSPS) is 14.7. The van der Waals surface area contributed by atoms with Gasteiger partial charge in [0.05, 0.1) is 5.02 Å². The van der Waals surface area contributed by atoms with Crippen molar-refractivity contribution in [3.8, 4) is 11.4 Å². The van der Waals surface area contributed by atoms with Crippen molar-refractivity contribution in [2.24, 2.45) is 5.41 Å². The number of hydrogen-bond donors (Lipinski definition) is 1. The lowest BCUT2D eigenvalue weighted by atomic mass is 9.92. The number of amides is 1. The summed E-state index contributed by atoms with van der Waals surface area (Å²) in [6, 6.07) is 5.53. The van der Waals surface area contributed by atoms with Crippen LogP contribution in [0.1, 0.15) is 52.3 Å². The third kappa shape index (κ3) is 4.40. The van der Waals surface area contributed by atoms with Gasteiger partial charge in [-0.25, -0.2) is 0 Å². The number of fused-ring (bicyclic) bond motifs is 1. The molecule has 25 heavy (non-hydrogen) atoms. The van der Waals surface area contributed by atoms with Crippen molar-refractivity contribution in [3.05, 3.63) is 29.0 Å². The molecule has 2 heterocycles. The van der Waals surface area contributed by atoms with Crippen LogP contribution in [-0.2, 0) is 17.8 Å². The van der Waals surface area contributed by atoms with Crippen LogP contribution < -0.4 is 5.32 Å². The highest BCUT2D eigenvalue weighted by Crippen LogP contribution is 2.31. The van der Waals surface area contributed by atoms with Crippen molar-refractivity contribution in [3.63, 3.8) is 0 Å². The molecule has 1 aromatic carbocycles. The van der Waals surface area contributed by atoms with Crippen molar-refractivity contribution in [2.45, 2.75) is 59.4 Å². The minimum atomic E-state index is -0.0519. The fourth-order valence-electron chi connectivity index (χ4n) is 3.15. The van der Waals surface area contributed by atoms with E-state index in [-0.39, 0.29) is 11.3 Å². The van der Waals surface area contributed by atoms with Gasteiger partial charge >= 0.3 is 0 Å². The molecule has 1 aliphatic rings. The summed E-state index contributed by atoms with van der Waals surface area (Å²) in [7, 11) is 0. The maximum atomic E-state index is 12.2. The van der Waals surface area contributed by atoms with Crippen LogP contribution in [0.3, 0.4) is 0 Å². The quantitative estimate of drug-likeness (QED) is 0.863. The van der Waals surface area contributed by atoms with E-state index in [1.807, 2.05) is 39.0 Å². The Balaban J connectivity index is 1.88. The zero-order valence-electron chi connectivity index (χ0n) is 15.1. The van der Waals surface area contributed by atoms with Gasteiger partial charge in [0.25, 0.3) is 0 Å². The van der Waals surface area contributed by atoms with Gasteiger partial charge in [-0.2, -0.15) is 0 Å². The molecule has 1 aromatic heterocycles. The molecular weight excluding hydrogens is 336 g/mol. The minimum absolute atomic E-state index is 0.000782. The molecule has 0 bridgehead atoms. The fourth-order valence-corrected chi connectivity index (χ4v) is 3.35. The molecule has 134 valence electrons. The van der Waals surface area contributed by atoms with Crippen LogP contribution in [-0.4, -0.2) is 20.7 Å². The topological polar surface area (TPSA) is 59.8 Å². The lowest BCUT2D eigenvalue weighted by Crippen LogP contribution is -2.19. The molecule has 0 spiro atoms. The summed E-state index contributed by atoms with van der Waals surface area (Å²) in [6.45, 7) is 7.05. The lowest BCUT2D eigenvalue weighted by molar-refractivity contribution is -0.117. The van der Waals surface area contributed by atoms with Crippen LogP contribution in [0.25, 0.3) is 11.4 Å². The second kappa shape index (κ2) is 7.16. The standard InChI is InChI=1S/C19H25ClN4O/c1-19(2,3)12-17(25)21-13-8-9-15(20)14(11-13)18-23-22-16-7-5-4-6-10-24(16)18/h8-9,11H,4-7,10,12H2,1-3H3,(H,21,25). The van der Waals surface area contributed by atoms with E-state index >= 15 is 0 Å². The predicted octanol–water partition coefficient (Wildman–Crippen LogP) is 4.70. The monoisotopic (exact) mass is 360 g/mol. The average Bonchev–Trinajstić information content (AvgIpc) is 2.75. The Labute approximate surface area is 153 Å². The average molecular weight is 361 g/mol. The van der Waals surface area contributed by atoms with Gasteiger partial charge in [-0.15, -0.1) is 10.2 Å². The van der Waals surface area contributed by atoms with Crippen LogP contribution in [0, 0.1) is 5.41 Å². The zero-order valence-corrected chi connectivity index (χ0v) is 15.9. The second-order valence-electron chi connectivity index (χ2n) is 7.88. The summed E-state index contributed by atoms with van der Waals surface area (Å²) in [6.07, 6.45) is 4.89. The third-order valence-corrected chi connectivity index (χ3v) is 4.62. The number of aromatic nitrogens is 3. The van der Waals surface area contributed by atoms with Gasteiger partial charge in [-0.05, 0) is 36.5 Å². The number of nitrogens with one attached hydrogen (secondary N) is 1. The molecule has 0 atom stereocenters. The van der Waals surface area contributed by atoms with E-state index in [4.69, 9.17) is 11.6 Å². The van der Waals surface area contributed by atoms with Crippen LogP contribution in [0.2, 0.25) is 5.02 Å². The maximum absolute atomic E-state index is 12.2. The van der Waals surface area contributed by atoms with Gasteiger partial charge in [0, 0.05) is 30.6 Å². The summed E-state index contributed by atoms with van der Waals surface area (Å²) in [4.78, 5) is 12.2. The molecule has 2 aromatic rings. The number of rotatable bonds is 3. The van der Waals surface area contributed by atoms with E-state index in [0.717, 1.165) is 48.7 Å². The van der Waals surface area contributed by atoms with Crippen molar-refractivity contribution in [2.75, 3.05) is 5.32 Å². The van der Waals surface area contributed by atoms with Crippen LogP contribution in [0.5, 0.6) is 0 Å². The summed E-state index contributed by atoms with van der Waals surface area (Å²) >= 11 is 6.42. The zero-order chi connectivity index (χ0) is 18.0. The number of carbonyl (C=O) groups is 1. The fraction of sp³-hybridized carbons (Fsp3) is 0.526. The predicted molar refractivity (Wildman–Crippen MR) is 101 cm³/mol. The number of hydrogen-bond acceptors (Lipinski definition) is 3. The molecule has 0 aliphatic carbocycles. The molecule has 3 rings (SSSR count). The largest absolute Gasteiger partial charge is 0.326 e. The molecule has 0 fully saturated rings. The van der Waals surface area contributed by atoms with E-state index in [0.29, 0.717) is 11.4 Å². The Morgan fingerprint density at radius 1 is 1.24 bits per heavy atom. The Bertz CT molecular complexity index is 776. The summed E-state index contributed by atoms with van der Waals surface area (Å²) in [5.41, 5.74) is 1.50. The van der Waals surface area contributed by atoms with Crippen molar-refractivity contribution >= 4 is 23.2 Å². The SMILES string of the molecule is CC(C)(C)CC(=O)Nc1ccc(Cl)c(-c2nnc3n2CCCCC3)c1. The van der Waals surface area contributed by atoms with E-state index < -0.39 is 0 Å². The molecular formula is C19H25ClN4O. The second-order valence-corrected chi connectivity index (χ2v) is 8.29.